The summed E-state index contributed by atoms with van der Waals surface area (Å²) < 4.78 is 2.09. The first-order chi connectivity index (χ1) is 10.9. The lowest BCUT2D eigenvalue weighted by Gasteiger charge is -2.19. The van der Waals surface area contributed by atoms with E-state index in [2.05, 4.69) is 49.6 Å². The topological polar surface area (TPSA) is 43.8 Å². The smallest absolute Gasteiger partial charge is 0.141 e. The molecule has 0 aliphatic carbocycles. The number of nitrogens with two attached hydrogens (primary N) is 1. The van der Waals surface area contributed by atoms with Crippen molar-refractivity contribution in [3.63, 3.8) is 0 Å². The summed E-state index contributed by atoms with van der Waals surface area (Å²) in [4.78, 5) is 5.23. The molecule has 0 spiro atoms. The summed E-state index contributed by atoms with van der Waals surface area (Å²) in [7, 11) is 0. The molecule has 23 heavy (non-hydrogen) atoms. The molecule has 3 nitrogen and oxygen atoms in total. The van der Waals surface area contributed by atoms with Crippen LogP contribution in [0.1, 0.15) is 26.3 Å². The Labute approximate surface area is 142 Å². The third kappa shape index (κ3) is 3.13. The highest BCUT2D eigenvalue weighted by Gasteiger charge is 2.16. The molecule has 1 aromatic heterocycles. The zero-order chi connectivity index (χ0) is 16.6. The second-order valence-electron chi connectivity index (χ2n) is 6.80. The molecule has 2 N–H and O–H groups in total. The second kappa shape index (κ2) is 5.78. The Kier molecular flexibility index (Phi) is 3.94. The van der Waals surface area contributed by atoms with Gasteiger partial charge in [0.25, 0.3) is 0 Å². The predicted molar refractivity (Wildman–Crippen MR) is 101 cm³/mol. The van der Waals surface area contributed by atoms with Crippen LogP contribution in [0.15, 0.2) is 48.5 Å². The van der Waals surface area contributed by atoms with Crippen LogP contribution in [-0.4, -0.2) is 14.5 Å². The lowest BCUT2D eigenvalue weighted by atomic mass is 9.87. The van der Waals surface area contributed by atoms with Gasteiger partial charge in [-0.2, -0.15) is 0 Å². The van der Waals surface area contributed by atoms with Gasteiger partial charge in [-0.05, 0) is 23.1 Å². The molecule has 0 saturated carbocycles. The van der Waals surface area contributed by atoms with Gasteiger partial charge in [0.1, 0.15) is 5.82 Å². The second-order valence-corrected chi connectivity index (χ2v) is 7.33. The van der Waals surface area contributed by atoms with Crippen molar-refractivity contribution in [3.05, 3.63) is 54.1 Å². The van der Waals surface area contributed by atoms with E-state index in [-0.39, 0.29) is 5.41 Å². The molecule has 3 aromatic rings. The number of thiocarbonyl (C=S) groups is 1. The van der Waals surface area contributed by atoms with Crippen molar-refractivity contribution in [1.29, 1.82) is 0 Å². The van der Waals surface area contributed by atoms with Crippen molar-refractivity contribution in [2.75, 3.05) is 0 Å². The van der Waals surface area contributed by atoms with Crippen LogP contribution in [0.2, 0.25) is 0 Å². The molecule has 0 aliphatic rings. The largest absolute Gasteiger partial charge is 0.392 e. The SMILES string of the molecule is CC(C)(C)c1ccc(-c2nc3ccccc3n2CC(N)=S)cc1. The number of nitrogens with zero attached hydrogens (tertiary/aromatic N) is 2. The predicted octanol–water partition coefficient (Wildman–Crippen LogP) is 4.29. The Balaban J connectivity index is 2.13. The summed E-state index contributed by atoms with van der Waals surface area (Å²) in [5.74, 6) is 0.902. The summed E-state index contributed by atoms with van der Waals surface area (Å²) in [6.45, 7) is 7.13. The summed E-state index contributed by atoms with van der Waals surface area (Å²) in [5, 5.41) is 0. The van der Waals surface area contributed by atoms with Gasteiger partial charge in [0.15, 0.2) is 0 Å². The van der Waals surface area contributed by atoms with Crippen molar-refractivity contribution < 1.29 is 0 Å². The fraction of sp³-hybridized carbons (Fsp3) is 0.263. The molecule has 0 amide bonds. The summed E-state index contributed by atoms with van der Waals surface area (Å²) in [5.41, 5.74) is 10.3. The summed E-state index contributed by atoms with van der Waals surface area (Å²) in [6.07, 6.45) is 0. The third-order valence-electron chi connectivity index (χ3n) is 3.98. The summed E-state index contributed by atoms with van der Waals surface area (Å²) >= 11 is 5.11. The molecule has 1 heterocycles. The number of imidazole rings is 1. The fourth-order valence-electron chi connectivity index (χ4n) is 2.73. The minimum atomic E-state index is 0.136. The minimum absolute atomic E-state index is 0.136. The number of benzene rings is 2. The van der Waals surface area contributed by atoms with Crippen molar-refractivity contribution in [2.24, 2.45) is 5.73 Å². The van der Waals surface area contributed by atoms with Crippen molar-refractivity contribution in [3.8, 4) is 11.4 Å². The molecule has 3 rings (SSSR count). The number of hydrogen-bond acceptors (Lipinski definition) is 2. The van der Waals surface area contributed by atoms with Crippen LogP contribution in [0.25, 0.3) is 22.4 Å². The van der Waals surface area contributed by atoms with E-state index < -0.39 is 0 Å². The number of fused-ring (bicyclic) bond motifs is 1. The Morgan fingerprint density at radius 3 is 2.35 bits per heavy atom. The van der Waals surface area contributed by atoms with Crippen molar-refractivity contribution in [2.45, 2.75) is 32.7 Å². The number of aromatic nitrogens is 2. The molecule has 0 saturated heterocycles. The lowest BCUT2D eigenvalue weighted by molar-refractivity contribution is 0.590. The van der Waals surface area contributed by atoms with Gasteiger partial charge in [-0.3, -0.25) is 0 Å². The van der Waals surface area contributed by atoms with E-state index in [1.807, 2.05) is 24.3 Å². The molecule has 0 aliphatic heterocycles. The summed E-state index contributed by atoms with van der Waals surface area (Å²) in [6, 6.07) is 16.6. The molecule has 0 atom stereocenters. The van der Waals surface area contributed by atoms with Crippen LogP contribution >= 0.6 is 12.2 Å². The van der Waals surface area contributed by atoms with E-state index in [9.17, 15) is 0 Å². The standard InChI is InChI=1S/C19H21N3S/c1-19(2,3)14-10-8-13(9-11-14)18-21-15-6-4-5-7-16(15)22(18)12-17(20)23/h4-11H,12H2,1-3H3,(H2,20,23). The first kappa shape index (κ1) is 15.7. The van der Waals surface area contributed by atoms with E-state index in [0.29, 0.717) is 11.5 Å². The van der Waals surface area contributed by atoms with E-state index in [0.717, 1.165) is 22.4 Å². The quantitative estimate of drug-likeness (QED) is 0.731. The van der Waals surface area contributed by atoms with Crippen LogP contribution in [0, 0.1) is 0 Å². The van der Waals surface area contributed by atoms with Crippen LogP contribution in [0.4, 0.5) is 0 Å². The van der Waals surface area contributed by atoms with Gasteiger partial charge in [0.05, 0.1) is 22.6 Å². The van der Waals surface area contributed by atoms with E-state index in [4.69, 9.17) is 22.9 Å². The van der Waals surface area contributed by atoms with Gasteiger partial charge >= 0.3 is 0 Å². The third-order valence-corrected chi connectivity index (χ3v) is 4.11. The normalized spacial score (nSPS) is 11.8. The van der Waals surface area contributed by atoms with Gasteiger partial charge in [-0.25, -0.2) is 4.98 Å². The van der Waals surface area contributed by atoms with E-state index in [1.165, 1.54) is 5.56 Å². The first-order valence-corrected chi connectivity index (χ1v) is 8.11. The maximum Gasteiger partial charge on any atom is 0.141 e. The molecule has 0 bridgehead atoms. The fourth-order valence-corrected chi connectivity index (χ4v) is 2.86. The molecular weight excluding hydrogens is 302 g/mol. The Morgan fingerprint density at radius 2 is 1.74 bits per heavy atom. The Bertz CT molecular complexity index is 854. The zero-order valence-electron chi connectivity index (χ0n) is 13.7. The van der Waals surface area contributed by atoms with Gasteiger partial charge in [0, 0.05) is 5.56 Å². The average molecular weight is 323 g/mol. The lowest BCUT2D eigenvalue weighted by Crippen LogP contribution is -2.17. The average Bonchev–Trinajstić information content (AvgIpc) is 2.85. The van der Waals surface area contributed by atoms with Crippen LogP contribution in [0.5, 0.6) is 0 Å². The van der Waals surface area contributed by atoms with Gasteiger partial charge < -0.3 is 10.3 Å². The zero-order valence-corrected chi connectivity index (χ0v) is 14.5. The molecule has 0 fully saturated rings. The number of rotatable bonds is 3. The van der Waals surface area contributed by atoms with Crippen LogP contribution in [0.3, 0.4) is 0 Å². The van der Waals surface area contributed by atoms with Gasteiger partial charge in [0.2, 0.25) is 0 Å². The van der Waals surface area contributed by atoms with Gasteiger partial charge in [-0.1, -0.05) is 69.4 Å². The molecule has 0 radical (unpaired) electrons. The highest BCUT2D eigenvalue weighted by atomic mass is 32.1. The highest BCUT2D eigenvalue weighted by Crippen LogP contribution is 2.28. The molecule has 4 heteroatoms. The monoisotopic (exact) mass is 323 g/mol. The first-order valence-electron chi connectivity index (χ1n) is 7.71. The molecule has 0 unspecified atom stereocenters. The Morgan fingerprint density at radius 1 is 1.09 bits per heavy atom. The molecule has 2 aromatic carbocycles. The maximum atomic E-state index is 5.79. The maximum absolute atomic E-state index is 5.79. The molecular formula is C19H21N3S. The van der Waals surface area contributed by atoms with Crippen molar-refractivity contribution in [1.82, 2.24) is 9.55 Å². The molecule has 118 valence electrons. The van der Waals surface area contributed by atoms with E-state index in [1.54, 1.807) is 0 Å². The van der Waals surface area contributed by atoms with Crippen LogP contribution in [-0.2, 0) is 12.0 Å². The minimum Gasteiger partial charge on any atom is -0.392 e. The number of para-hydroxylation sites is 2. The Hall–Kier alpha value is -2.20. The van der Waals surface area contributed by atoms with E-state index >= 15 is 0 Å². The van der Waals surface area contributed by atoms with Crippen molar-refractivity contribution >= 4 is 28.2 Å². The van der Waals surface area contributed by atoms with Gasteiger partial charge in [-0.15, -0.1) is 0 Å². The highest BCUT2D eigenvalue weighted by molar-refractivity contribution is 7.80. The number of hydrogen-bond donors (Lipinski definition) is 1. The van der Waals surface area contributed by atoms with Crippen LogP contribution < -0.4 is 5.73 Å².